The van der Waals surface area contributed by atoms with Gasteiger partial charge < -0.3 is 10.2 Å². The maximum atomic E-state index is 14.2. The summed E-state index contributed by atoms with van der Waals surface area (Å²) in [6.45, 7) is 25.2. The zero-order chi connectivity index (χ0) is 28.6. The average Bonchev–Trinajstić information content (AvgIpc) is 2.74. The number of Topliss-reactive ketones (excluding diaryl/α,β-unsaturated/α-hetero) is 1. The molecule has 4 aliphatic carbocycles. The van der Waals surface area contributed by atoms with Gasteiger partial charge in [0.2, 0.25) is 0 Å². The second-order valence-corrected chi connectivity index (χ2v) is 17.4. The predicted octanol–water partition coefficient (Wildman–Crippen LogP) is 8.16. The van der Waals surface area contributed by atoms with Gasteiger partial charge in [-0.25, -0.2) is 0 Å². The summed E-state index contributed by atoms with van der Waals surface area (Å²) in [6.07, 6.45) is 8.70. The van der Waals surface area contributed by atoms with E-state index in [2.05, 4.69) is 69.2 Å². The minimum absolute atomic E-state index is 0.0538. The molecule has 4 saturated carbocycles. The topological polar surface area (TPSA) is 57.5 Å². The van der Waals surface area contributed by atoms with Crippen LogP contribution in [0.4, 0.5) is 0 Å². The van der Waals surface area contributed by atoms with Crippen molar-refractivity contribution >= 4 is 5.78 Å². The number of carbonyl (C=O) groups excluding carboxylic acids is 1. The SMILES string of the molecule is CC(CCC1CCC(C)C2C(O)C3C(C)C4(C)C(=O)C(C(C)O)C(C)CC4(C)CC3(C)CC12)CC(C)(C)C. The molecule has 4 aliphatic rings. The van der Waals surface area contributed by atoms with Crippen molar-refractivity contribution in [3.63, 3.8) is 0 Å². The Balaban J connectivity index is 1.64. The van der Waals surface area contributed by atoms with Crippen molar-refractivity contribution in [3.8, 4) is 0 Å². The molecule has 38 heavy (non-hydrogen) atoms. The van der Waals surface area contributed by atoms with E-state index >= 15 is 0 Å². The van der Waals surface area contributed by atoms with E-state index in [4.69, 9.17) is 0 Å². The van der Waals surface area contributed by atoms with E-state index in [1.54, 1.807) is 6.92 Å². The number of ketones is 1. The van der Waals surface area contributed by atoms with Crippen molar-refractivity contribution in [3.05, 3.63) is 0 Å². The highest BCUT2D eigenvalue weighted by Crippen LogP contribution is 2.72. The van der Waals surface area contributed by atoms with Crippen LogP contribution in [0.3, 0.4) is 0 Å². The monoisotopic (exact) mass is 530 g/mol. The summed E-state index contributed by atoms with van der Waals surface area (Å²) < 4.78 is 0. The first-order valence-electron chi connectivity index (χ1n) is 16.3. The van der Waals surface area contributed by atoms with E-state index in [1.807, 2.05) is 0 Å². The van der Waals surface area contributed by atoms with Crippen LogP contribution in [-0.2, 0) is 4.79 Å². The molecule has 4 fully saturated rings. The Kier molecular flexibility index (Phi) is 8.16. The Morgan fingerprint density at radius 3 is 2.21 bits per heavy atom. The molecule has 0 radical (unpaired) electrons. The number of aliphatic hydroxyl groups is 2. The highest BCUT2D eigenvalue weighted by molar-refractivity contribution is 5.89. The molecule has 3 nitrogen and oxygen atoms in total. The van der Waals surface area contributed by atoms with Gasteiger partial charge in [0.25, 0.3) is 0 Å². The molecule has 0 aromatic carbocycles. The van der Waals surface area contributed by atoms with Gasteiger partial charge in [-0.15, -0.1) is 0 Å². The first-order chi connectivity index (χ1) is 17.4. The van der Waals surface area contributed by atoms with Gasteiger partial charge in [0.1, 0.15) is 5.78 Å². The molecule has 2 N–H and O–H groups in total. The van der Waals surface area contributed by atoms with Gasteiger partial charge in [-0.2, -0.15) is 0 Å². The first kappa shape index (κ1) is 30.5. The van der Waals surface area contributed by atoms with Crippen molar-refractivity contribution in [2.45, 2.75) is 140 Å². The zero-order valence-electron chi connectivity index (χ0n) is 26.8. The normalized spacial score (nSPS) is 51.0. The smallest absolute Gasteiger partial charge is 0.145 e. The highest BCUT2D eigenvalue weighted by Gasteiger charge is 2.70. The number of fused-ring (bicyclic) bond motifs is 3. The van der Waals surface area contributed by atoms with Crippen LogP contribution in [0.15, 0.2) is 0 Å². The lowest BCUT2D eigenvalue weighted by atomic mass is 9.34. The molecule has 14 atom stereocenters. The average molecular weight is 531 g/mol. The molecule has 0 heterocycles. The lowest BCUT2D eigenvalue weighted by Gasteiger charge is -2.70. The molecule has 14 unspecified atom stereocenters. The van der Waals surface area contributed by atoms with Crippen molar-refractivity contribution < 1.29 is 15.0 Å². The Hall–Kier alpha value is -0.410. The summed E-state index contributed by atoms with van der Waals surface area (Å²) in [5.41, 5.74) is -0.160. The fourth-order valence-corrected chi connectivity index (χ4v) is 11.9. The minimum Gasteiger partial charge on any atom is -0.393 e. The lowest BCUT2D eigenvalue weighted by molar-refractivity contribution is -0.236. The van der Waals surface area contributed by atoms with Crippen LogP contribution in [0.1, 0.15) is 128 Å². The van der Waals surface area contributed by atoms with E-state index in [1.165, 1.54) is 38.5 Å². The second-order valence-electron chi connectivity index (χ2n) is 17.4. The van der Waals surface area contributed by atoms with E-state index in [9.17, 15) is 15.0 Å². The van der Waals surface area contributed by atoms with Crippen molar-refractivity contribution in [2.24, 2.45) is 74.9 Å². The number of hydrogen-bond donors (Lipinski definition) is 2. The molecular weight excluding hydrogens is 468 g/mol. The van der Waals surface area contributed by atoms with Crippen LogP contribution in [0.2, 0.25) is 0 Å². The van der Waals surface area contributed by atoms with Crippen molar-refractivity contribution in [1.82, 2.24) is 0 Å². The van der Waals surface area contributed by atoms with Crippen LogP contribution in [0, 0.1) is 74.9 Å². The second kappa shape index (κ2) is 10.1. The summed E-state index contributed by atoms with van der Waals surface area (Å²) in [5, 5.41) is 22.9. The van der Waals surface area contributed by atoms with Crippen LogP contribution in [-0.4, -0.2) is 28.2 Å². The van der Waals surface area contributed by atoms with Crippen LogP contribution < -0.4 is 0 Å². The van der Waals surface area contributed by atoms with Crippen LogP contribution >= 0.6 is 0 Å². The number of rotatable bonds is 5. The zero-order valence-corrected chi connectivity index (χ0v) is 26.8. The fourth-order valence-electron chi connectivity index (χ4n) is 11.9. The number of hydrogen-bond acceptors (Lipinski definition) is 3. The molecule has 0 spiro atoms. The van der Waals surface area contributed by atoms with Gasteiger partial charge in [0, 0.05) is 11.3 Å². The van der Waals surface area contributed by atoms with E-state index in [0.717, 1.165) is 18.8 Å². The third-order valence-electron chi connectivity index (χ3n) is 13.2. The Morgan fingerprint density at radius 2 is 1.63 bits per heavy atom. The van der Waals surface area contributed by atoms with Crippen LogP contribution in [0.5, 0.6) is 0 Å². The van der Waals surface area contributed by atoms with Gasteiger partial charge in [-0.05, 0) is 109 Å². The van der Waals surface area contributed by atoms with E-state index < -0.39 is 11.5 Å². The Bertz CT molecular complexity index is 873. The quantitative estimate of drug-likeness (QED) is 0.377. The Labute approximate surface area is 235 Å². The molecule has 0 aromatic heterocycles. The summed E-state index contributed by atoms with van der Waals surface area (Å²) in [7, 11) is 0. The standard InChI is InChI=1S/C35H62O3/c1-20(16-32(6,7)8)12-14-25-15-13-21(2)28-26(25)18-33(9)19-34(10)17-22(3)27(24(5)36)31(38)35(34,11)23(4)29(33)30(28)37/h20-30,36-37H,12-19H2,1-11H3. The summed E-state index contributed by atoms with van der Waals surface area (Å²) in [4.78, 5) is 14.2. The largest absolute Gasteiger partial charge is 0.393 e. The van der Waals surface area contributed by atoms with E-state index in [-0.39, 0.29) is 46.4 Å². The maximum absolute atomic E-state index is 14.2. The lowest BCUT2D eigenvalue weighted by Crippen LogP contribution is -2.69. The summed E-state index contributed by atoms with van der Waals surface area (Å²) >= 11 is 0. The molecule has 0 amide bonds. The van der Waals surface area contributed by atoms with Crippen molar-refractivity contribution in [1.29, 1.82) is 0 Å². The van der Waals surface area contributed by atoms with Gasteiger partial charge in [-0.1, -0.05) is 82.1 Å². The van der Waals surface area contributed by atoms with E-state index in [0.29, 0.717) is 29.1 Å². The molecule has 0 bridgehead atoms. The van der Waals surface area contributed by atoms with Gasteiger partial charge >= 0.3 is 0 Å². The molecular formula is C35H62O3. The molecule has 3 heteroatoms. The number of carbonyl (C=O) groups is 1. The molecule has 0 saturated heterocycles. The third-order valence-corrected chi connectivity index (χ3v) is 13.2. The number of aliphatic hydroxyl groups excluding tert-OH is 2. The molecule has 0 aliphatic heterocycles. The van der Waals surface area contributed by atoms with Crippen molar-refractivity contribution in [2.75, 3.05) is 0 Å². The Morgan fingerprint density at radius 1 is 1.00 bits per heavy atom. The summed E-state index contributed by atoms with van der Waals surface area (Å²) in [6, 6.07) is 0. The predicted molar refractivity (Wildman–Crippen MR) is 158 cm³/mol. The molecule has 220 valence electrons. The summed E-state index contributed by atoms with van der Waals surface area (Å²) in [5.74, 6) is 3.39. The fraction of sp³-hybridized carbons (Fsp3) is 0.971. The third kappa shape index (κ3) is 4.86. The maximum Gasteiger partial charge on any atom is 0.145 e. The molecule has 4 rings (SSSR count). The van der Waals surface area contributed by atoms with Crippen LogP contribution in [0.25, 0.3) is 0 Å². The first-order valence-corrected chi connectivity index (χ1v) is 16.3. The van der Waals surface area contributed by atoms with Gasteiger partial charge in [0.15, 0.2) is 0 Å². The highest BCUT2D eigenvalue weighted by atomic mass is 16.3. The minimum atomic E-state index is -0.611. The van der Waals surface area contributed by atoms with Gasteiger partial charge in [-0.3, -0.25) is 4.79 Å². The molecule has 0 aromatic rings. The van der Waals surface area contributed by atoms with Gasteiger partial charge in [0.05, 0.1) is 12.2 Å².